The molecule has 0 atom stereocenters. The minimum absolute atomic E-state index is 0.136. The summed E-state index contributed by atoms with van der Waals surface area (Å²) in [6.07, 6.45) is 0.907. The number of hydrogen-bond donors (Lipinski definition) is 2. The third-order valence-electron chi connectivity index (χ3n) is 4.11. The number of H-pyrrole nitrogens is 1. The number of aromatic nitrogens is 2. The topological polar surface area (TPSA) is 142 Å². The largest absolute Gasteiger partial charge is 0.363 e. The molecule has 0 unspecified atom stereocenters. The zero-order valence-electron chi connectivity index (χ0n) is 14.2. The third kappa shape index (κ3) is 3.75. The van der Waals surface area contributed by atoms with Crippen LogP contribution < -0.4 is 15.2 Å². The van der Waals surface area contributed by atoms with Crippen LogP contribution in [-0.4, -0.2) is 67.7 Å². The first-order chi connectivity index (χ1) is 12.1. The van der Waals surface area contributed by atoms with Gasteiger partial charge in [0.25, 0.3) is 11.2 Å². The molecule has 1 aromatic carbocycles. The molecule has 1 aromatic heterocycles. The molecule has 1 aliphatic rings. The van der Waals surface area contributed by atoms with Gasteiger partial charge in [-0.15, -0.1) is 0 Å². The van der Waals surface area contributed by atoms with Gasteiger partial charge in [0.15, 0.2) is 0 Å². The van der Waals surface area contributed by atoms with E-state index in [-0.39, 0.29) is 22.5 Å². The summed E-state index contributed by atoms with van der Waals surface area (Å²) in [5.41, 5.74) is -0.0951. The van der Waals surface area contributed by atoms with Crippen molar-refractivity contribution in [1.29, 1.82) is 0 Å². The van der Waals surface area contributed by atoms with Crippen LogP contribution in [0.1, 0.15) is 0 Å². The van der Waals surface area contributed by atoms with Gasteiger partial charge in [-0.25, -0.2) is 13.4 Å². The molecule has 0 bridgehead atoms. The lowest BCUT2D eigenvalue weighted by Gasteiger charge is -2.33. The molecule has 0 amide bonds. The fourth-order valence-electron chi connectivity index (χ4n) is 2.80. The van der Waals surface area contributed by atoms with Gasteiger partial charge in [0, 0.05) is 32.2 Å². The van der Waals surface area contributed by atoms with E-state index in [9.17, 15) is 23.3 Å². The van der Waals surface area contributed by atoms with Gasteiger partial charge in [-0.1, -0.05) is 0 Å². The molecule has 26 heavy (non-hydrogen) atoms. The molecular formula is C14H18N6O5S. The van der Waals surface area contributed by atoms with Gasteiger partial charge in [0.05, 0.1) is 22.2 Å². The molecule has 2 N–H and O–H groups in total. The number of nitrogens with one attached hydrogen (secondary N) is 2. The van der Waals surface area contributed by atoms with Crippen molar-refractivity contribution >= 4 is 38.2 Å². The minimum atomic E-state index is -3.68. The van der Waals surface area contributed by atoms with E-state index in [1.54, 1.807) is 0 Å². The lowest BCUT2D eigenvalue weighted by atomic mass is 10.2. The molecular weight excluding hydrogens is 364 g/mol. The van der Waals surface area contributed by atoms with Crippen molar-refractivity contribution in [3.63, 3.8) is 0 Å². The summed E-state index contributed by atoms with van der Waals surface area (Å²) < 4.78 is 24.8. The number of rotatable bonds is 4. The van der Waals surface area contributed by atoms with Crippen LogP contribution >= 0.6 is 0 Å². The van der Waals surface area contributed by atoms with Crippen molar-refractivity contribution in [3.05, 3.63) is 32.6 Å². The Labute approximate surface area is 148 Å². The Bertz CT molecular complexity index is 1030. The Morgan fingerprint density at radius 1 is 1.27 bits per heavy atom. The van der Waals surface area contributed by atoms with E-state index in [0.29, 0.717) is 18.8 Å². The summed E-state index contributed by atoms with van der Waals surface area (Å²) in [4.78, 5) is 33.4. The number of aromatic amines is 1. The zero-order chi connectivity index (χ0) is 19.1. The number of anilines is 2. The summed E-state index contributed by atoms with van der Waals surface area (Å²) in [6.45, 7) is 2.74. The van der Waals surface area contributed by atoms with E-state index in [2.05, 4.69) is 14.9 Å². The molecule has 0 saturated carbocycles. The van der Waals surface area contributed by atoms with Crippen molar-refractivity contribution < 1.29 is 13.3 Å². The monoisotopic (exact) mass is 382 g/mol. The van der Waals surface area contributed by atoms with Crippen molar-refractivity contribution in [2.75, 3.05) is 49.1 Å². The van der Waals surface area contributed by atoms with Crippen molar-refractivity contribution in [2.24, 2.45) is 0 Å². The molecule has 2 heterocycles. The summed E-state index contributed by atoms with van der Waals surface area (Å²) in [7, 11) is -1.71. The third-order valence-corrected chi connectivity index (χ3v) is 4.68. The molecule has 1 saturated heterocycles. The lowest BCUT2D eigenvalue weighted by Crippen LogP contribution is -2.44. The zero-order valence-corrected chi connectivity index (χ0v) is 15.0. The number of nitro benzene ring substituents is 1. The molecule has 0 radical (unpaired) electrons. The first-order valence-electron chi connectivity index (χ1n) is 7.78. The first-order valence-corrected chi connectivity index (χ1v) is 9.67. The quantitative estimate of drug-likeness (QED) is 0.554. The maximum absolute atomic E-state index is 12.0. The fourth-order valence-corrected chi connectivity index (χ4v) is 3.29. The number of sulfonamides is 1. The van der Waals surface area contributed by atoms with Gasteiger partial charge < -0.3 is 14.8 Å². The van der Waals surface area contributed by atoms with Gasteiger partial charge in [-0.05, 0) is 13.1 Å². The Balaban J connectivity index is 2.13. The first kappa shape index (κ1) is 18.1. The summed E-state index contributed by atoms with van der Waals surface area (Å²) in [5.74, 6) is -0.377. The van der Waals surface area contributed by atoms with Gasteiger partial charge in [0.2, 0.25) is 15.8 Å². The molecule has 11 nitrogen and oxygen atoms in total. The van der Waals surface area contributed by atoms with Crippen molar-refractivity contribution in [2.45, 2.75) is 0 Å². The fraction of sp³-hybridized carbons (Fsp3) is 0.429. The average Bonchev–Trinajstić information content (AvgIpc) is 2.54. The maximum Gasteiger partial charge on any atom is 0.294 e. The van der Waals surface area contributed by atoms with Crippen LogP contribution in [0.25, 0.3) is 11.0 Å². The van der Waals surface area contributed by atoms with E-state index < -0.39 is 20.5 Å². The van der Waals surface area contributed by atoms with Crippen molar-refractivity contribution in [3.8, 4) is 0 Å². The highest BCUT2D eigenvalue weighted by Crippen LogP contribution is 2.32. The molecule has 2 aromatic rings. The van der Waals surface area contributed by atoms with Crippen LogP contribution in [0.15, 0.2) is 16.9 Å². The highest BCUT2D eigenvalue weighted by Gasteiger charge is 2.24. The number of piperazine rings is 1. The Hall–Kier alpha value is -2.73. The molecule has 1 aliphatic heterocycles. The van der Waals surface area contributed by atoms with Crippen LogP contribution in [0.5, 0.6) is 0 Å². The van der Waals surface area contributed by atoms with Crippen molar-refractivity contribution in [1.82, 2.24) is 14.9 Å². The number of likely N-dealkylation sites (N-methyl/N-ethyl adjacent to an activating group) is 1. The summed E-state index contributed by atoms with van der Waals surface area (Å²) in [6, 6.07) is 2.75. The van der Waals surface area contributed by atoms with Gasteiger partial charge in [-0.3, -0.25) is 19.6 Å². The second-order valence-corrected chi connectivity index (χ2v) is 7.94. The highest BCUT2D eigenvalue weighted by atomic mass is 32.2. The van der Waals surface area contributed by atoms with Crippen LogP contribution in [0.2, 0.25) is 0 Å². The van der Waals surface area contributed by atoms with Gasteiger partial charge in [0.1, 0.15) is 5.69 Å². The maximum atomic E-state index is 12.0. The number of nitrogens with zero attached hydrogens (tertiary/aromatic N) is 4. The normalized spacial score (nSPS) is 16.0. The van der Waals surface area contributed by atoms with Gasteiger partial charge in [-0.2, -0.15) is 0 Å². The lowest BCUT2D eigenvalue weighted by molar-refractivity contribution is -0.384. The molecule has 3 rings (SSSR count). The van der Waals surface area contributed by atoms with E-state index in [1.165, 1.54) is 12.1 Å². The average molecular weight is 382 g/mol. The van der Waals surface area contributed by atoms with E-state index >= 15 is 0 Å². The predicted molar refractivity (Wildman–Crippen MR) is 97.2 cm³/mol. The van der Waals surface area contributed by atoms with Crippen LogP contribution in [0, 0.1) is 10.1 Å². The Morgan fingerprint density at radius 2 is 1.92 bits per heavy atom. The minimum Gasteiger partial charge on any atom is -0.363 e. The number of hydrogen-bond acceptors (Lipinski definition) is 8. The number of nitro groups is 1. The molecule has 140 valence electrons. The number of benzene rings is 1. The van der Waals surface area contributed by atoms with E-state index in [1.807, 2.05) is 16.7 Å². The van der Waals surface area contributed by atoms with E-state index in [0.717, 1.165) is 19.3 Å². The smallest absolute Gasteiger partial charge is 0.294 e. The molecule has 1 fully saturated rings. The van der Waals surface area contributed by atoms with Crippen LogP contribution in [0.4, 0.5) is 17.2 Å². The second kappa shape index (κ2) is 6.53. The second-order valence-electron chi connectivity index (χ2n) is 6.19. The Morgan fingerprint density at radius 3 is 2.50 bits per heavy atom. The predicted octanol–water partition coefficient (Wildman–Crippen LogP) is -0.0454. The highest BCUT2D eigenvalue weighted by molar-refractivity contribution is 7.92. The summed E-state index contributed by atoms with van der Waals surface area (Å²) >= 11 is 0. The Kier molecular flexibility index (Phi) is 4.54. The molecule has 0 aliphatic carbocycles. The van der Waals surface area contributed by atoms with E-state index in [4.69, 9.17) is 0 Å². The number of fused-ring (bicyclic) bond motifs is 1. The standard InChI is InChI=1S/C14H18N6O5S/c1-18-3-5-19(6-4-18)11-7-9-10(8-12(11)20(22)23)16-14(21)13(15-9)17-26(2,24)25/h7-8H,3-6H2,1-2H3,(H,15,17)(H,16,21). The summed E-state index contributed by atoms with van der Waals surface area (Å²) in [5, 5.41) is 11.5. The van der Waals surface area contributed by atoms with Crippen LogP contribution in [0.3, 0.4) is 0 Å². The molecule has 0 spiro atoms. The SMILES string of the molecule is CN1CCN(c2cc3nc(NS(C)(=O)=O)c(=O)[nH]c3cc2[N+](=O)[O-])CC1. The van der Waals surface area contributed by atoms with Crippen LogP contribution in [-0.2, 0) is 10.0 Å². The molecule has 12 heteroatoms. The van der Waals surface area contributed by atoms with Gasteiger partial charge >= 0.3 is 0 Å².